The van der Waals surface area contributed by atoms with Crippen molar-refractivity contribution in [1.29, 1.82) is 0 Å². The van der Waals surface area contributed by atoms with E-state index < -0.39 is 10.0 Å². The Hall–Kier alpha value is -1.85. The highest BCUT2D eigenvalue weighted by Gasteiger charge is 2.30. The van der Waals surface area contributed by atoms with E-state index in [0.717, 1.165) is 23.1 Å². The lowest BCUT2D eigenvalue weighted by Gasteiger charge is -2.36. The molecule has 0 atom stereocenters. The number of hydrogen-bond acceptors (Lipinski definition) is 3. The van der Waals surface area contributed by atoms with Crippen LogP contribution in [-0.2, 0) is 16.4 Å². The van der Waals surface area contributed by atoms with Gasteiger partial charge in [-0.1, -0.05) is 36.8 Å². The number of piperazine rings is 1. The first kappa shape index (κ1) is 18.9. The standard InChI is InChI=1S/C21H28N2O2S/c1-5-19-6-8-20(9-7-19)22-10-12-23(13-11-22)26(24,25)21-17(3)14-16(2)15-18(21)4/h6-9,14-15H,5,10-13H2,1-4H3. The summed E-state index contributed by atoms with van der Waals surface area (Å²) in [6, 6.07) is 12.5. The molecule has 0 N–H and O–H groups in total. The van der Waals surface area contributed by atoms with Crippen LogP contribution in [-0.4, -0.2) is 38.9 Å². The SMILES string of the molecule is CCc1ccc(N2CCN(S(=O)(=O)c3c(C)cc(C)cc3C)CC2)cc1. The Morgan fingerprint density at radius 3 is 1.92 bits per heavy atom. The summed E-state index contributed by atoms with van der Waals surface area (Å²) in [5.74, 6) is 0. The van der Waals surface area contributed by atoms with Gasteiger partial charge in [0.25, 0.3) is 0 Å². The van der Waals surface area contributed by atoms with Gasteiger partial charge in [0, 0.05) is 31.9 Å². The number of nitrogens with zero attached hydrogens (tertiary/aromatic N) is 2. The molecule has 2 aromatic carbocycles. The maximum Gasteiger partial charge on any atom is 0.243 e. The monoisotopic (exact) mass is 372 g/mol. The minimum Gasteiger partial charge on any atom is -0.369 e. The topological polar surface area (TPSA) is 40.6 Å². The van der Waals surface area contributed by atoms with Gasteiger partial charge >= 0.3 is 0 Å². The summed E-state index contributed by atoms with van der Waals surface area (Å²) in [5.41, 5.74) is 5.25. The van der Waals surface area contributed by atoms with E-state index in [-0.39, 0.29) is 0 Å². The third kappa shape index (κ3) is 3.64. The van der Waals surface area contributed by atoms with Crippen LogP contribution >= 0.6 is 0 Å². The molecule has 5 heteroatoms. The van der Waals surface area contributed by atoms with Crippen LogP contribution in [0.2, 0.25) is 0 Å². The van der Waals surface area contributed by atoms with E-state index in [9.17, 15) is 8.42 Å². The molecule has 1 saturated heterocycles. The molecule has 2 aromatic rings. The fourth-order valence-electron chi connectivity index (χ4n) is 3.83. The van der Waals surface area contributed by atoms with Crippen LogP contribution in [0.3, 0.4) is 0 Å². The summed E-state index contributed by atoms with van der Waals surface area (Å²) < 4.78 is 28.0. The van der Waals surface area contributed by atoms with E-state index in [1.165, 1.54) is 11.3 Å². The van der Waals surface area contributed by atoms with Crippen LogP contribution < -0.4 is 4.90 Å². The zero-order chi connectivity index (χ0) is 18.9. The smallest absolute Gasteiger partial charge is 0.243 e. The summed E-state index contributed by atoms with van der Waals surface area (Å²) in [7, 11) is -3.45. The average molecular weight is 373 g/mol. The average Bonchev–Trinajstić information content (AvgIpc) is 2.61. The highest BCUT2D eigenvalue weighted by atomic mass is 32.2. The third-order valence-electron chi connectivity index (χ3n) is 5.15. The normalized spacial score (nSPS) is 16.1. The molecule has 140 valence electrons. The van der Waals surface area contributed by atoms with E-state index in [2.05, 4.69) is 36.1 Å². The predicted octanol–water partition coefficient (Wildman–Crippen LogP) is 3.69. The largest absolute Gasteiger partial charge is 0.369 e. The Morgan fingerprint density at radius 1 is 0.885 bits per heavy atom. The minimum atomic E-state index is -3.45. The quantitative estimate of drug-likeness (QED) is 0.822. The van der Waals surface area contributed by atoms with Crippen molar-refractivity contribution in [3.63, 3.8) is 0 Å². The molecule has 1 fully saturated rings. The van der Waals surface area contributed by atoms with Crippen molar-refractivity contribution in [2.75, 3.05) is 31.1 Å². The van der Waals surface area contributed by atoms with Crippen LogP contribution in [0, 0.1) is 20.8 Å². The van der Waals surface area contributed by atoms with Crippen molar-refractivity contribution >= 4 is 15.7 Å². The molecule has 0 bridgehead atoms. The second kappa shape index (κ2) is 7.41. The van der Waals surface area contributed by atoms with E-state index in [4.69, 9.17) is 0 Å². The van der Waals surface area contributed by atoms with Crippen LogP contribution in [0.15, 0.2) is 41.3 Å². The van der Waals surface area contributed by atoms with Gasteiger partial charge in [0.05, 0.1) is 4.90 Å². The van der Waals surface area contributed by atoms with E-state index in [1.54, 1.807) is 4.31 Å². The Bertz CT molecular complexity index is 858. The van der Waals surface area contributed by atoms with Gasteiger partial charge in [-0.2, -0.15) is 4.31 Å². The Labute approximate surface area is 157 Å². The Balaban J connectivity index is 1.76. The molecular weight excluding hydrogens is 344 g/mol. The minimum absolute atomic E-state index is 0.476. The van der Waals surface area contributed by atoms with Crippen LogP contribution in [0.4, 0.5) is 5.69 Å². The van der Waals surface area contributed by atoms with E-state index >= 15 is 0 Å². The molecular formula is C21H28N2O2S. The number of sulfonamides is 1. The molecule has 0 unspecified atom stereocenters. The molecule has 0 spiro atoms. The highest BCUT2D eigenvalue weighted by molar-refractivity contribution is 7.89. The number of benzene rings is 2. The second-order valence-electron chi connectivity index (χ2n) is 7.14. The fraction of sp³-hybridized carbons (Fsp3) is 0.429. The molecule has 1 heterocycles. The van der Waals surface area contributed by atoms with Gasteiger partial charge < -0.3 is 4.90 Å². The van der Waals surface area contributed by atoms with Gasteiger partial charge in [-0.3, -0.25) is 0 Å². The lowest BCUT2D eigenvalue weighted by molar-refractivity contribution is 0.384. The molecule has 0 aliphatic carbocycles. The van der Waals surface area contributed by atoms with Gasteiger partial charge in [0.15, 0.2) is 0 Å². The summed E-state index contributed by atoms with van der Waals surface area (Å²) in [6.45, 7) is 10.4. The lowest BCUT2D eigenvalue weighted by Crippen LogP contribution is -2.48. The maximum atomic E-state index is 13.2. The number of rotatable bonds is 4. The summed E-state index contributed by atoms with van der Waals surface area (Å²) in [6.07, 6.45) is 1.03. The second-order valence-corrected chi connectivity index (χ2v) is 9.01. The molecule has 0 radical (unpaired) electrons. The molecule has 0 saturated carbocycles. The van der Waals surface area contributed by atoms with E-state index in [1.807, 2.05) is 32.9 Å². The van der Waals surface area contributed by atoms with Crippen molar-refractivity contribution in [2.24, 2.45) is 0 Å². The zero-order valence-corrected chi connectivity index (χ0v) is 16.9. The lowest BCUT2D eigenvalue weighted by atomic mass is 10.1. The fourth-order valence-corrected chi connectivity index (χ4v) is 5.67. The first-order valence-electron chi connectivity index (χ1n) is 9.25. The summed E-state index contributed by atoms with van der Waals surface area (Å²) in [4.78, 5) is 2.74. The van der Waals surface area contributed by atoms with Crippen molar-refractivity contribution in [2.45, 2.75) is 39.0 Å². The van der Waals surface area contributed by atoms with Crippen molar-refractivity contribution in [3.05, 3.63) is 58.7 Å². The molecule has 26 heavy (non-hydrogen) atoms. The predicted molar refractivity (Wildman–Crippen MR) is 107 cm³/mol. The molecule has 1 aliphatic rings. The Kier molecular flexibility index (Phi) is 5.39. The molecule has 1 aliphatic heterocycles. The van der Waals surface area contributed by atoms with Gasteiger partial charge in [-0.05, 0) is 56.0 Å². The van der Waals surface area contributed by atoms with Crippen LogP contribution in [0.5, 0.6) is 0 Å². The number of hydrogen-bond donors (Lipinski definition) is 0. The van der Waals surface area contributed by atoms with Gasteiger partial charge in [0.1, 0.15) is 0 Å². The van der Waals surface area contributed by atoms with Crippen LogP contribution in [0.25, 0.3) is 0 Å². The van der Waals surface area contributed by atoms with Crippen molar-refractivity contribution in [3.8, 4) is 0 Å². The van der Waals surface area contributed by atoms with Gasteiger partial charge in [-0.25, -0.2) is 8.42 Å². The molecule has 4 nitrogen and oxygen atoms in total. The van der Waals surface area contributed by atoms with Crippen LogP contribution in [0.1, 0.15) is 29.2 Å². The molecule has 0 aromatic heterocycles. The van der Waals surface area contributed by atoms with Crippen molar-refractivity contribution in [1.82, 2.24) is 4.31 Å². The number of anilines is 1. The summed E-state index contributed by atoms with van der Waals surface area (Å²) >= 11 is 0. The number of aryl methyl sites for hydroxylation is 4. The molecule has 3 rings (SSSR count). The first-order valence-corrected chi connectivity index (χ1v) is 10.7. The maximum absolute atomic E-state index is 13.2. The third-order valence-corrected chi connectivity index (χ3v) is 7.36. The zero-order valence-electron chi connectivity index (χ0n) is 16.1. The Morgan fingerprint density at radius 2 is 1.42 bits per heavy atom. The van der Waals surface area contributed by atoms with E-state index in [0.29, 0.717) is 31.1 Å². The van der Waals surface area contributed by atoms with Gasteiger partial charge in [-0.15, -0.1) is 0 Å². The van der Waals surface area contributed by atoms with Gasteiger partial charge in [0.2, 0.25) is 10.0 Å². The highest BCUT2D eigenvalue weighted by Crippen LogP contribution is 2.27. The van der Waals surface area contributed by atoms with Crippen molar-refractivity contribution < 1.29 is 8.42 Å². The molecule has 0 amide bonds. The first-order chi connectivity index (χ1) is 12.3. The summed E-state index contributed by atoms with van der Waals surface area (Å²) in [5, 5.41) is 0.